The molecule has 116 valence electrons. The number of aromatic nitrogens is 4. The Hall–Kier alpha value is -1.96. The minimum atomic E-state index is -0.132. The second-order valence-corrected chi connectivity index (χ2v) is 5.87. The maximum absolute atomic E-state index is 12.5. The normalized spacial score (nSPS) is 14.1. The number of carbonyl (C=O) groups is 1. The lowest BCUT2D eigenvalue weighted by Gasteiger charge is -2.18. The fourth-order valence-corrected chi connectivity index (χ4v) is 2.36. The molecule has 0 radical (unpaired) electrons. The van der Waals surface area contributed by atoms with Gasteiger partial charge in [0.05, 0.1) is 12.1 Å². The number of nitrogens with zero attached hydrogens (tertiary/aromatic N) is 5. The summed E-state index contributed by atoms with van der Waals surface area (Å²) in [5, 5.41) is 4.60. The SMILES string of the molecule is CCN(Cc1noc(C2CC2)n1)C(=O)c1cnc(SC)nc1. The molecule has 1 aliphatic carbocycles. The molecule has 1 saturated carbocycles. The van der Waals surface area contributed by atoms with Gasteiger partial charge in [-0.3, -0.25) is 4.79 Å². The van der Waals surface area contributed by atoms with E-state index in [9.17, 15) is 4.79 Å². The molecular weight excluding hydrogens is 302 g/mol. The van der Waals surface area contributed by atoms with Gasteiger partial charge < -0.3 is 9.42 Å². The first-order chi connectivity index (χ1) is 10.7. The van der Waals surface area contributed by atoms with Crippen LogP contribution in [0.4, 0.5) is 0 Å². The van der Waals surface area contributed by atoms with Crippen LogP contribution in [0.2, 0.25) is 0 Å². The summed E-state index contributed by atoms with van der Waals surface area (Å²) in [6.45, 7) is 2.79. The Morgan fingerprint density at radius 1 is 1.41 bits per heavy atom. The van der Waals surface area contributed by atoms with E-state index in [2.05, 4.69) is 20.1 Å². The van der Waals surface area contributed by atoms with Crippen molar-refractivity contribution in [1.82, 2.24) is 25.0 Å². The van der Waals surface area contributed by atoms with Crippen molar-refractivity contribution in [3.8, 4) is 0 Å². The van der Waals surface area contributed by atoms with Gasteiger partial charge in [-0.05, 0) is 26.0 Å². The molecule has 2 aromatic heterocycles. The predicted molar refractivity (Wildman–Crippen MR) is 80.5 cm³/mol. The summed E-state index contributed by atoms with van der Waals surface area (Å²) < 4.78 is 5.22. The molecule has 1 amide bonds. The van der Waals surface area contributed by atoms with E-state index in [4.69, 9.17) is 4.52 Å². The number of hydrogen-bond acceptors (Lipinski definition) is 7. The number of rotatable bonds is 6. The molecule has 2 heterocycles. The van der Waals surface area contributed by atoms with Crippen molar-refractivity contribution in [3.63, 3.8) is 0 Å². The van der Waals surface area contributed by atoms with Gasteiger partial charge in [0.25, 0.3) is 5.91 Å². The van der Waals surface area contributed by atoms with Gasteiger partial charge in [-0.2, -0.15) is 4.98 Å². The van der Waals surface area contributed by atoms with Gasteiger partial charge in [-0.1, -0.05) is 16.9 Å². The molecule has 1 fully saturated rings. The zero-order valence-electron chi connectivity index (χ0n) is 12.5. The van der Waals surface area contributed by atoms with Crippen molar-refractivity contribution < 1.29 is 9.32 Å². The average molecular weight is 319 g/mol. The van der Waals surface area contributed by atoms with E-state index in [1.807, 2.05) is 13.2 Å². The van der Waals surface area contributed by atoms with Gasteiger partial charge in [-0.25, -0.2) is 9.97 Å². The summed E-state index contributed by atoms with van der Waals surface area (Å²) in [4.78, 5) is 26.8. The summed E-state index contributed by atoms with van der Waals surface area (Å²) in [5.74, 6) is 1.51. The van der Waals surface area contributed by atoms with E-state index in [0.29, 0.717) is 41.4 Å². The molecule has 22 heavy (non-hydrogen) atoms. The predicted octanol–water partition coefficient (Wildman–Crippen LogP) is 2.12. The lowest BCUT2D eigenvalue weighted by atomic mass is 10.3. The molecule has 0 aromatic carbocycles. The number of amides is 1. The van der Waals surface area contributed by atoms with Crippen molar-refractivity contribution in [2.24, 2.45) is 0 Å². The van der Waals surface area contributed by atoms with Gasteiger partial charge in [0.15, 0.2) is 11.0 Å². The van der Waals surface area contributed by atoms with E-state index < -0.39 is 0 Å². The van der Waals surface area contributed by atoms with E-state index in [1.165, 1.54) is 11.8 Å². The molecule has 0 unspecified atom stereocenters. The Labute approximate surface area is 132 Å². The van der Waals surface area contributed by atoms with Gasteiger partial charge in [0, 0.05) is 24.9 Å². The zero-order valence-corrected chi connectivity index (χ0v) is 13.3. The third kappa shape index (κ3) is 3.27. The molecule has 8 heteroatoms. The summed E-state index contributed by atoms with van der Waals surface area (Å²) in [6.07, 6.45) is 7.21. The minimum Gasteiger partial charge on any atom is -0.339 e. The third-order valence-electron chi connectivity index (χ3n) is 3.47. The highest BCUT2D eigenvalue weighted by Crippen LogP contribution is 2.38. The summed E-state index contributed by atoms with van der Waals surface area (Å²) in [6, 6.07) is 0. The smallest absolute Gasteiger partial charge is 0.257 e. The topological polar surface area (TPSA) is 85.0 Å². The van der Waals surface area contributed by atoms with Crippen LogP contribution in [0.15, 0.2) is 22.1 Å². The quantitative estimate of drug-likeness (QED) is 0.595. The highest BCUT2D eigenvalue weighted by molar-refractivity contribution is 7.98. The number of carbonyl (C=O) groups excluding carboxylic acids is 1. The van der Waals surface area contributed by atoms with Gasteiger partial charge in [0.2, 0.25) is 5.89 Å². The molecule has 0 saturated heterocycles. The van der Waals surface area contributed by atoms with Crippen LogP contribution in [0.25, 0.3) is 0 Å². The first kappa shape index (κ1) is 15.0. The van der Waals surface area contributed by atoms with Crippen LogP contribution in [0.5, 0.6) is 0 Å². The molecule has 0 bridgehead atoms. The third-order valence-corrected chi connectivity index (χ3v) is 4.05. The lowest BCUT2D eigenvalue weighted by molar-refractivity contribution is 0.0746. The van der Waals surface area contributed by atoms with E-state index in [0.717, 1.165) is 12.8 Å². The Kier molecular flexibility index (Phi) is 4.37. The van der Waals surface area contributed by atoms with E-state index in [-0.39, 0.29) is 5.91 Å². The highest BCUT2D eigenvalue weighted by atomic mass is 32.2. The Bertz CT molecular complexity index is 654. The molecule has 1 aliphatic rings. The molecule has 7 nitrogen and oxygen atoms in total. The second-order valence-electron chi connectivity index (χ2n) is 5.10. The maximum atomic E-state index is 12.5. The monoisotopic (exact) mass is 319 g/mol. The van der Waals surface area contributed by atoms with Crippen molar-refractivity contribution in [2.75, 3.05) is 12.8 Å². The van der Waals surface area contributed by atoms with E-state index >= 15 is 0 Å². The minimum absolute atomic E-state index is 0.132. The van der Waals surface area contributed by atoms with Crippen molar-refractivity contribution in [1.29, 1.82) is 0 Å². The molecular formula is C14H17N5O2S. The van der Waals surface area contributed by atoms with Crippen LogP contribution in [0.3, 0.4) is 0 Å². The van der Waals surface area contributed by atoms with Gasteiger partial charge in [-0.15, -0.1) is 0 Å². The fourth-order valence-electron chi connectivity index (χ4n) is 2.04. The Morgan fingerprint density at radius 3 is 2.73 bits per heavy atom. The lowest BCUT2D eigenvalue weighted by Crippen LogP contribution is -2.31. The molecule has 0 N–H and O–H groups in total. The van der Waals surface area contributed by atoms with Crippen molar-refractivity contribution >= 4 is 17.7 Å². The molecule has 0 atom stereocenters. The first-order valence-electron chi connectivity index (χ1n) is 7.19. The fraction of sp³-hybridized carbons (Fsp3) is 0.500. The second kappa shape index (κ2) is 6.43. The van der Waals surface area contributed by atoms with Crippen LogP contribution in [-0.2, 0) is 6.54 Å². The van der Waals surface area contributed by atoms with Crippen LogP contribution in [0.1, 0.15) is 47.8 Å². The maximum Gasteiger partial charge on any atom is 0.257 e. The van der Waals surface area contributed by atoms with Crippen LogP contribution in [-0.4, -0.2) is 43.7 Å². The largest absolute Gasteiger partial charge is 0.339 e. The molecule has 2 aromatic rings. The van der Waals surface area contributed by atoms with Crippen molar-refractivity contribution in [3.05, 3.63) is 29.7 Å². The zero-order chi connectivity index (χ0) is 15.5. The molecule has 0 spiro atoms. The Balaban J connectivity index is 1.69. The van der Waals surface area contributed by atoms with Crippen LogP contribution in [0, 0.1) is 0 Å². The van der Waals surface area contributed by atoms with Crippen LogP contribution < -0.4 is 0 Å². The molecule has 0 aliphatic heterocycles. The summed E-state index contributed by atoms with van der Waals surface area (Å²) >= 11 is 1.44. The average Bonchev–Trinajstić information content (AvgIpc) is 3.31. The first-order valence-corrected chi connectivity index (χ1v) is 8.41. The highest BCUT2D eigenvalue weighted by Gasteiger charge is 2.30. The summed E-state index contributed by atoms with van der Waals surface area (Å²) in [5.41, 5.74) is 0.463. The van der Waals surface area contributed by atoms with Gasteiger partial charge in [0.1, 0.15) is 0 Å². The Morgan fingerprint density at radius 2 is 2.14 bits per heavy atom. The number of thioether (sulfide) groups is 1. The molecule has 3 rings (SSSR count). The standard InChI is InChI=1S/C14H17N5O2S/c1-3-19(8-11-17-12(21-18-11)9-4-5-9)13(20)10-6-15-14(22-2)16-7-10/h6-7,9H,3-5,8H2,1-2H3. The number of hydrogen-bond donors (Lipinski definition) is 0. The van der Waals surface area contributed by atoms with E-state index in [1.54, 1.807) is 17.3 Å². The van der Waals surface area contributed by atoms with Crippen LogP contribution >= 0.6 is 11.8 Å². The summed E-state index contributed by atoms with van der Waals surface area (Å²) in [7, 11) is 0. The van der Waals surface area contributed by atoms with Gasteiger partial charge >= 0.3 is 0 Å². The van der Waals surface area contributed by atoms with Crippen molar-refractivity contribution in [2.45, 2.75) is 37.4 Å².